The molecule has 0 spiro atoms. The van der Waals surface area contributed by atoms with Gasteiger partial charge in [0.05, 0.1) is 15.9 Å². The number of hydrogen-bond donors (Lipinski definition) is 0. The van der Waals surface area contributed by atoms with Crippen molar-refractivity contribution in [3.8, 4) is 11.3 Å². The average Bonchev–Trinajstić information content (AvgIpc) is 3.13. The zero-order chi connectivity index (χ0) is 18.7. The molecule has 0 saturated carbocycles. The molecule has 0 amide bonds. The molecule has 0 aliphatic rings. The molecule has 0 saturated heterocycles. The average molecular weight is 440 g/mol. The molecule has 4 aromatic carbocycles. The summed E-state index contributed by atoms with van der Waals surface area (Å²) in [6.45, 7) is 0. The maximum absolute atomic E-state index is 5.22. The molecule has 6 rings (SSSR count). The molecule has 0 aliphatic carbocycles. The van der Waals surface area contributed by atoms with Gasteiger partial charge in [-0.2, -0.15) is 0 Å². The Hall–Kier alpha value is -2.75. The van der Waals surface area contributed by atoms with Gasteiger partial charge in [0.25, 0.3) is 0 Å². The number of benzene rings is 4. The van der Waals surface area contributed by atoms with Crippen LogP contribution in [-0.4, -0.2) is 4.98 Å². The summed E-state index contributed by atoms with van der Waals surface area (Å²) in [6, 6.07) is 30.1. The van der Waals surface area contributed by atoms with Gasteiger partial charge in [-0.3, -0.25) is 0 Å². The predicted molar refractivity (Wildman–Crippen MR) is 125 cm³/mol. The van der Waals surface area contributed by atoms with Crippen LogP contribution in [0.2, 0.25) is 0 Å². The van der Waals surface area contributed by atoms with Crippen LogP contribution in [0, 0.1) is 0 Å². The third-order valence-electron chi connectivity index (χ3n) is 5.32. The van der Waals surface area contributed by atoms with Crippen LogP contribution in [0.25, 0.3) is 53.1 Å². The highest BCUT2D eigenvalue weighted by Crippen LogP contribution is 2.43. The molecular weight excluding hydrogens is 426 g/mol. The number of fused-ring (bicyclic) bond motifs is 7. The molecule has 0 fully saturated rings. The molecule has 6 aromatic rings. The Bertz CT molecular complexity index is 1510. The van der Waals surface area contributed by atoms with Crippen LogP contribution in [0.3, 0.4) is 0 Å². The van der Waals surface area contributed by atoms with E-state index in [1.54, 1.807) is 0 Å². The fourth-order valence-electron chi connectivity index (χ4n) is 4.02. The molecule has 0 unspecified atom stereocenters. The Kier molecular flexibility index (Phi) is 3.55. The summed E-state index contributed by atoms with van der Waals surface area (Å²) in [5.41, 5.74) is 3.29. The van der Waals surface area contributed by atoms with Crippen molar-refractivity contribution in [2.45, 2.75) is 0 Å². The van der Waals surface area contributed by atoms with Crippen molar-refractivity contribution in [1.82, 2.24) is 4.98 Å². The molecule has 132 valence electrons. The molecule has 0 bridgehead atoms. The second-order valence-electron chi connectivity index (χ2n) is 6.95. The number of rotatable bonds is 1. The molecule has 0 radical (unpaired) electrons. The molecular formula is C25H14BrNS. The fourth-order valence-corrected chi connectivity index (χ4v) is 5.52. The quantitative estimate of drug-likeness (QED) is 0.235. The van der Waals surface area contributed by atoms with Crippen molar-refractivity contribution in [1.29, 1.82) is 0 Å². The summed E-state index contributed by atoms with van der Waals surface area (Å²) in [5, 5.41) is 6.28. The third-order valence-corrected chi connectivity index (χ3v) is 7.03. The molecule has 2 heterocycles. The van der Waals surface area contributed by atoms with Crippen LogP contribution in [0.5, 0.6) is 0 Å². The predicted octanol–water partition coefficient (Wildman–Crippen LogP) is 8.19. The van der Waals surface area contributed by atoms with Crippen molar-refractivity contribution in [3.05, 3.63) is 89.4 Å². The maximum atomic E-state index is 5.22. The first-order valence-corrected chi connectivity index (χ1v) is 10.8. The van der Waals surface area contributed by atoms with E-state index >= 15 is 0 Å². The van der Waals surface area contributed by atoms with Crippen LogP contribution in [0.15, 0.2) is 89.4 Å². The first-order chi connectivity index (χ1) is 13.8. The van der Waals surface area contributed by atoms with Crippen molar-refractivity contribution in [3.63, 3.8) is 0 Å². The number of hydrogen-bond acceptors (Lipinski definition) is 2. The highest BCUT2D eigenvalue weighted by Gasteiger charge is 2.17. The first kappa shape index (κ1) is 16.2. The van der Waals surface area contributed by atoms with Gasteiger partial charge in [-0.1, -0.05) is 82.7 Å². The highest BCUT2D eigenvalue weighted by atomic mass is 79.9. The largest absolute Gasteiger partial charge is 0.246 e. The minimum Gasteiger partial charge on any atom is -0.246 e. The highest BCUT2D eigenvalue weighted by molar-refractivity contribution is 9.10. The van der Waals surface area contributed by atoms with Crippen LogP contribution in [0.4, 0.5) is 0 Å². The fraction of sp³-hybridized carbons (Fsp3) is 0. The summed E-state index contributed by atoms with van der Waals surface area (Å²) >= 11 is 5.38. The van der Waals surface area contributed by atoms with Gasteiger partial charge in [-0.05, 0) is 23.6 Å². The van der Waals surface area contributed by atoms with Gasteiger partial charge in [-0.15, -0.1) is 11.3 Å². The zero-order valence-corrected chi connectivity index (χ0v) is 17.2. The third kappa shape index (κ3) is 2.33. The number of nitrogens with zero attached hydrogens (tertiary/aromatic N) is 1. The number of halogens is 1. The zero-order valence-electron chi connectivity index (χ0n) is 14.8. The SMILES string of the molecule is Brc1ccc(-c2nc3c4ccccc4ccc3c3c2sc2ccccc23)cc1. The first-order valence-electron chi connectivity index (χ1n) is 9.18. The van der Waals surface area contributed by atoms with E-state index in [-0.39, 0.29) is 0 Å². The normalized spacial score (nSPS) is 11.8. The lowest BCUT2D eigenvalue weighted by molar-refractivity contribution is 1.45. The molecule has 0 atom stereocenters. The minimum absolute atomic E-state index is 1.06. The number of aromatic nitrogens is 1. The molecule has 1 nitrogen and oxygen atoms in total. The van der Waals surface area contributed by atoms with E-state index in [4.69, 9.17) is 4.98 Å². The Morgan fingerprint density at radius 2 is 1.43 bits per heavy atom. The second kappa shape index (κ2) is 6.13. The summed E-state index contributed by atoms with van der Waals surface area (Å²) < 4.78 is 3.64. The van der Waals surface area contributed by atoms with E-state index in [1.807, 2.05) is 11.3 Å². The maximum Gasteiger partial charge on any atom is 0.0888 e. The number of pyridine rings is 1. The molecule has 28 heavy (non-hydrogen) atoms. The molecule has 3 heteroatoms. The Morgan fingerprint density at radius 1 is 0.679 bits per heavy atom. The van der Waals surface area contributed by atoms with E-state index in [1.165, 1.54) is 36.3 Å². The van der Waals surface area contributed by atoms with Crippen molar-refractivity contribution in [2.24, 2.45) is 0 Å². The lowest BCUT2D eigenvalue weighted by Gasteiger charge is -2.10. The van der Waals surface area contributed by atoms with Crippen molar-refractivity contribution < 1.29 is 0 Å². The lowest BCUT2D eigenvalue weighted by atomic mass is 10.00. The summed E-state index contributed by atoms with van der Waals surface area (Å²) in [4.78, 5) is 5.22. The Balaban J connectivity index is 1.88. The summed E-state index contributed by atoms with van der Waals surface area (Å²) in [5.74, 6) is 0. The van der Waals surface area contributed by atoms with Crippen LogP contribution in [-0.2, 0) is 0 Å². The lowest BCUT2D eigenvalue weighted by Crippen LogP contribution is -1.89. The van der Waals surface area contributed by atoms with Gasteiger partial charge in [-0.25, -0.2) is 4.98 Å². The second-order valence-corrected chi connectivity index (χ2v) is 8.92. The number of thiophene rings is 1. The molecule has 0 N–H and O–H groups in total. The monoisotopic (exact) mass is 439 g/mol. The van der Waals surface area contributed by atoms with E-state index in [2.05, 4.69) is 101 Å². The van der Waals surface area contributed by atoms with Gasteiger partial charge in [0, 0.05) is 36.3 Å². The topological polar surface area (TPSA) is 12.9 Å². The van der Waals surface area contributed by atoms with Crippen LogP contribution < -0.4 is 0 Å². The van der Waals surface area contributed by atoms with Crippen LogP contribution in [0.1, 0.15) is 0 Å². The Labute approximate surface area is 174 Å². The smallest absolute Gasteiger partial charge is 0.0888 e. The molecule has 0 aliphatic heterocycles. The van der Waals surface area contributed by atoms with E-state index in [0.29, 0.717) is 0 Å². The van der Waals surface area contributed by atoms with Crippen LogP contribution >= 0.6 is 27.3 Å². The standard InChI is InChI=1S/C25H14BrNS/c26-17-12-9-16(10-13-17)23-25-22(19-7-3-4-8-21(19)28-25)20-14-11-15-5-1-2-6-18(15)24(20)27-23/h1-14H. The summed E-state index contributed by atoms with van der Waals surface area (Å²) in [6.07, 6.45) is 0. The van der Waals surface area contributed by atoms with E-state index < -0.39 is 0 Å². The van der Waals surface area contributed by atoms with Gasteiger partial charge < -0.3 is 0 Å². The van der Waals surface area contributed by atoms with Gasteiger partial charge >= 0.3 is 0 Å². The summed E-state index contributed by atoms with van der Waals surface area (Å²) in [7, 11) is 0. The minimum atomic E-state index is 1.06. The van der Waals surface area contributed by atoms with Gasteiger partial charge in [0.1, 0.15) is 0 Å². The van der Waals surface area contributed by atoms with Crippen molar-refractivity contribution >= 4 is 69.1 Å². The van der Waals surface area contributed by atoms with Gasteiger partial charge in [0.15, 0.2) is 0 Å². The van der Waals surface area contributed by atoms with Crippen molar-refractivity contribution in [2.75, 3.05) is 0 Å². The molecule has 2 aromatic heterocycles. The Morgan fingerprint density at radius 3 is 2.29 bits per heavy atom. The van der Waals surface area contributed by atoms with E-state index in [0.717, 1.165) is 21.2 Å². The van der Waals surface area contributed by atoms with E-state index in [9.17, 15) is 0 Å². The van der Waals surface area contributed by atoms with Gasteiger partial charge in [0.2, 0.25) is 0 Å².